The topological polar surface area (TPSA) is 106 Å². The lowest BCUT2D eigenvalue weighted by Gasteiger charge is -2.07. The maximum Gasteiger partial charge on any atom is 0.258 e. The third-order valence-corrected chi connectivity index (χ3v) is 3.47. The van der Waals surface area contributed by atoms with Crippen LogP contribution in [0, 0.1) is 6.92 Å². The van der Waals surface area contributed by atoms with Crippen LogP contribution in [0.4, 0.5) is 11.9 Å². The van der Waals surface area contributed by atoms with E-state index in [0.717, 1.165) is 9.88 Å². The third-order valence-electron chi connectivity index (χ3n) is 2.56. The van der Waals surface area contributed by atoms with Crippen LogP contribution in [-0.2, 0) is 6.54 Å². The lowest BCUT2D eigenvalue weighted by atomic mass is 10.5. The molecule has 2 N–H and O–H groups in total. The molecule has 0 aliphatic heterocycles. The Balaban J connectivity index is 1.82. The van der Waals surface area contributed by atoms with Crippen LogP contribution < -0.4 is 10.6 Å². The van der Waals surface area contributed by atoms with E-state index < -0.39 is 0 Å². The van der Waals surface area contributed by atoms with E-state index in [2.05, 4.69) is 40.7 Å². The number of rotatable bonds is 5. The molecule has 9 nitrogen and oxygen atoms in total. The van der Waals surface area contributed by atoms with E-state index in [1.807, 2.05) is 13.1 Å². The molecule has 0 aliphatic rings. The molecule has 3 aromatic rings. The van der Waals surface area contributed by atoms with Crippen molar-refractivity contribution < 1.29 is 0 Å². The van der Waals surface area contributed by atoms with Crippen molar-refractivity contribution in [1.82, 2.24) is 34.7 Å². The van der Waals surface area contributed by atoms with Gasteiger partial charge in [0.25, 0.3) is 5.95 Å². The highest BCUT2D eigenvalue weighted by Crippen LogP contribution is 2.14. The monoisotopic (exact) mass is 303 g/mol. The van der Waals surface area contributed by atoms with E-state index >= 15 is 0 Å². The minimum Gasteiger partial charge on any atom is -0.357 e. The maximum atomic E-state index is 4.32. The van der Waals surface area contributed by atoms with Crippen molar-refractivity contribution in [2.24, 2.45) is 0 Å². The number of thiazole rings is 1. The highest BCUT2D eigenvalue weighted by molar-refractivity contribution is 7.11. The largest absolute Gasteiger partial charge is 0.357 e. The standard InChI is InChI=1S/C11H13N9S/c1-7-14-3-8(21-7)4-15-10-17-9(12-2)18-11(19-10)20-6-13-5-16-20/h3,5-6H,4H2,1-2H3,(H2,12,15,17,18,19). The molecule has 0 aliphatic carbocycles. The van der Waals surface area contributed by atoms with E-state index in [-0.39, 0.29) is 0 Å². The van der Waals surface area contributed by atoms with Crippen LogP contribution in [-0.4, -0.2) is 41.7 Å². The average Bonchev–Trinajstić information content (AvgIpc) is 3.16. The number of aryl methyl sites for hydroxylation is 1. The SMILES string of the molecule is CNc1nc(NCc2cnc(C)s2)nc(-n2cncn2)n1. The molecule has 0 bridgehead atoms. The molecule has 0 saturated carbocycles. The molecule has 0 amide bonds. The Labute approximate surface area is 124 Å². The Kier molecular flexibility index (Phi) is 3.69. The fourth-order valence-corrected chi connectivity index (χ4v) is 2.36. The van der Waals surface area contributed by atoms with Gasteiger partial charge in [0, 0.05) is 18.1 Å². The maximum absolute atomic E-state index is 4.32. The van der Waals surface area contributed by atoms with Crippen LogP contribution >= 0.6 is 11.3 Å². The Morgan fingerprint density at radius 1 is 1.24 bits per heavy atom. The molecule has 108 valence electrons. The summed E-state index contributed by atoms with van der Waals surface area (Å²) < 4.78 is 1.48. The van der Waals surface area contributed by atoms with Gasteiger partial charge >= 0.3 is 0 Å². The zero-order valence-electron chi connectivity index (χ0n) is 11.5. The first-order valence-corrected chi connectivity index (χ1v) is 7.00. The second kappa shape index (κ2) is 5.79. The molecule has 21 heavy (non-hydrogen) atoms. The minimum absolute atomic E-state index is 0.398. The van der Waals surface area contributed by atoms with Crippen molar-refractivity contribution >= 4 is 23.2 Å². The number of hydrogen-bond donors (Lipinski definition) is 2. The number of nitrogens with zero attached hydrogens (tertiary/aromatic N) is 7. The van der Waals surface area contributed by atoms with Gasteiger partial charge in [-0.2, -0.15) is 24.7 Å². The molecule has 0 atom stereocenters. The molecule has 3 aromatic heterocycles. The predicted octanol–water partition coefficient (Wildman–Crippen LogP) is 0.871. The van der Waals surface area contributed by atoms with Gasteiger partial charge < -0.3 is 10.6 Å². The van der Waals surface area contributed by atoms with Crippen LogP contribution in [0.1, 0.15) is 9.88 Å². The highest BCUT2D eigenvalue weighted by atomic mass is 32.1. The van der Waals surface area contributed by atoms with E-state index in [1.165, 1.54) is 17.3 Å². The zero-order chi connectivity index (χ0) is 14.7. The Hall–Kier alpha value is -2.62. The molecular formula is C11H13N9S. The molecule has 0 saturated heterocycles. The van der Waals surface area contributed by atoms with Crippen molar-refractivity contribution in [1.29, 1.82) is 0 Å². The second-order valence-electron chi connectivity index (χ2n) is 4.07. The molecule has 0 spiro atoms. The van der Waals surface area contributed by atoms with E-state index in [1.54, 1.807) is 18.4 Å². The first-order chi connectivity index (χ1) is 10.2. The second-order valence-corrected chi connectivity index (χ2v) is 5.39. The highest BCUT2D eigenvalue weighted by Gasteiger charge is 2.08. The van der Waals surface area contributed by atoms with E-state index in [4.69, 9.17) is 0 Å². The molecule has 0 unspecified atom stereocenters. The number of anilines is 2. The molecule has 3 heterocycles. The number of aromatic nitrogens is 7. The fourth-order valence-electron chi connectivity index (χ4n) is 1.62. The molecule has 3 rings (SSSR count). The Bertz CT molecular complexity index is 721. The van der Waals surface area contributed by atoms with Gasteiger partial charge in [-0.05, 0) is 6.92 Å². The van der Waals surface area contributed by atoms with Crippen LogP contribution in [0.2, 0.25) is 0 Å². The van der Waals surface area contributed by atoms with Crippen molar-refractivity contribution in [3.8, 4) is 5.95 Å². The average molecular weight is 303 g/mol. The Morgan fingerprint density at radius 3 is 2.76 bits per heavy atom. The van der Waals surface area contributed by atoms with Crippen molar-refractivity contribution in [3.05, 3.63) is 28.7 Å². The molecule has 0 aromatic carbocycles. The van der Waals surface area contributed by atoms with Crippen LogP contribution in [0.3, 0.4) is 0 Å². The molecular weight excluding hydrogens is 290 g/mol. The Morgan fingerprint density at radius 2 is 2.10 bits per heavy atom. The summed E-state index contributed by atoms with van der Waals surface area (Å²) in [6.07, 6.45) is 4.80. The summed E-state index contributed by atoms with van der Waals surface area (Å²) in [5, 5.41) is 11.1. The summed E-state index contributed by atoms with van der Waals surface area (Å²) >= 11 is 1.63. The van der Waals surface area contributed by atoms with Crippen molar-refractivity contribution in [3.63, 3.8) is 0 Å². The molecule has 10 heteroatoms. The fraction of sp³-hybridized carbons (Fsp3) is 0.273. The quantitative estimate of drug-likeness (QED) is 0.715. The van der Waals surface area contributed by atoms with Gasteiger partial charge in [0.15, 0.2) is 0 Å². The van der Waals surface area contributed by atoms with E-state index in [0.29, 0.717) is 24.4 Å². The van der Waals surface area contributed by atoms with Crippen LogP contribution in [0.5, 0.6) is 0 Å². The number of hydrogen-bond acceptors (Lipinski definition) is 9. The molecule has 0 fully saturated rings. The predicted molar refractivity (Wildman–Crippen MR) is 78.5 cm³/mol. The summed E-state index contributed by atoms with van der Waals surface area (Å²) in [5.74, 6) is 1.32. The summed E-state index contributed by atoms with van der Waals surface area (Å²) in [6.45, 7) is 2.58. The van der Waals surface area contributed by atoms with Gasteiger partial charge in [0.2, 0.25) is 11.9 Å². The summed E-state index contributed by atoms with van der Waals surface area (Å²) in [4.78, 5) is 22.0. The zero-order valence-corrected chi connectivity index (χ0v) is 12.3. The van der Waals surface area contributed by atoms with Crippen LogP contribution in [0.15, 0.2) is 18.9 Å². The van der Waals surface area contributed by atoms with Crippen molar-refractivity contribution in [2.75, 3.05) is 17.7 Å². The summed E-state index contributed by atoms with van der Waals surface area (Å²) in [7, 11) is 1.75. The van der Waals surface area contributed by atoms with Gasteiger partial charge in [-0.3, -0.25) is 0 Å². The lowest BCUT2D eigenvalue weighted by Crippen LogP contribution is -2.11. The summed E-state index contributed by atoms with van der Waals surface area (Å²) in [6, 6.07) is 0. The van der Waals surface area contributed by atoms with E-state index in [9.17, 15) is 0 Å². The van der Waals surface area contributed by atoms with Gasteiger partial charge in [-0.15, -0.1) is 11.3 Å². The smallest absolute Gasteiger partial charge is 0.258 e. The first-order valence-electron chi connectivity index (χ1n) is 6.18. The minimum atomic E-state index is 0.398. The normalized spacial score (nSPS) is 10.6. The summed E-state index contributed by atoms with van der Waals surface area (Å²) in [5.41, 5.74) is 0. The number of nitrogens with one attached hydrogen (secondary N) is 2. The molecule has 0 radical (unpaired) electrons. The van der Waals surface area contributed by atoms with Crippen LogP contribution in [0.25, 0.3) is 5.95 Å². The van der Waals surface area contributed by atoms with Crippen molar-refractivity contribution in [2.45, 2.75) is 13.5 Å². The van der Waals surface area contributed by atoms with Gasteiger partial charge in [0.1, 0.15) is 12.7 Å². The van der Waals surface area contributed by atoms with Gasteiger partial charge in [-0.25, -0.2) is 9.97 Å². The lowest BCUT2D eigenvalue weighted by molar-refractivity contribution is 0.795. The van der Waals surface area contributed by atoms with Gasteiger partial charge in [0.05, 0.1) is 11.6 Å². The third kappa shape index (κ3) is 3.11. The first kappa shape index (κ1) is 13.4. The van der Waals surface area contributed by atoms with Gasteiger partial charge in [-0.1, -0.05) is 0 Å².